The molecular formula is C21H31ClN2O2. The highest BCUT2D eigenvalue weighted by Gasteiger charge is 2.18. The van der Waals surface area contributed by atoms with E-state index in [1.165, 1.54) is 44.9 Å². The molecular weight excluding hydrogens is 348 g/mol. The van der Waals surface area contributed by atoms with Gasteiger partial charge in [0.15, 0.2) is 0 Å². The maximum atomic E-state index is 12.5. The Morgan fingerprint density at radius 2 is 1.77 bits per heavy atom. The molecule has 5 heteroatoms. The van der Waals surface area contributed by atoms with Gasteiger partial charge in [0.25, 0.3) is 5.91 Å². The van der Waals surface area contributed by atoms with Crippen LogP contribution < -0.4 is 15.4 Å². The van der Waals surface area contributed by atoms with Crippen molar-refractivity contribution in [1.29, 1.82) is 0 Å². The smallest absolute Gasteiger partial charge is 0.252 e. The van der Waals surface area contributed by atoms with Gasteiger partial charge in [-0.05, 0) is 62.9 Å². The van der Waals surface area contributed by atoms with Gasteiger partial charge >= 0.3 is 0 Å². The highest BCUT2D eigenvalue weighted by Crippen LogP contribution is 2.25. The number of piperidine rings is 1. The second-order valence-corrected chi connectivity index (χ2v) is 8.04. The number of hydrogen-bond acceptors (Lipinski definition) is 3. The van der Waals surface area contributed by atoms with Gasteiger partial charge in [0.05, 0.1) is 10.6 Å². The molecule has 0 spiro atoms. The molecule has 0 bridgehead atoms. The molecule has 26 heavy (non-hydrogen) atoms. The van der Waals surface area contributed by atoms with Crippen molar-refractivity contribution in [1.82, 2.24) is 10.6 Å². The molecule has 1 saturated heterocycles. The first-order valence-electron chi connectivity index (χ1n) is 10.2. The lowest BCUT2D eigenvalue weighted by Gasteiger charge is -2.24. The Morgan fingerprint density at radius 1 is 1.08 bits per heavy atom. The molecule has 2 N–H and O–H groups in total. The number of hydrogen-bond donors (Lipinski definition) is 2. The Kier molecular flexibility index (Phi) is 7.63. The van der Waals surface area contributed by atoms with Gasteiger partial charge in [-0.25, -0.2) is 0 Å². The van der Waals surface area contributed by atoms with Gasteiger partial charge in [-0.1, -0.05) is 43.7 Å². The van der Waals surface area contributed by atoms with Crippen LogP contribution in [0.4, 0.5) is 0 Å². The average Bonchev–Trinajstić information content (AvgIpc) is 2.61. The van der Waals surface area contributed by atoms with E-state index >= 15 is 0 Å². The topological polar surface area (TPSA) is 50.4 Å². The first kappa shape index (κ1) is 19.5. The number of ether oxygens (including phenoxy) is 1. The van der Waals surface area contributed by atoms with Gasteiger partial charge in [0.2, 0.25) is 0 Å². The Labute approximate surface area is 162 Å². The van der Waals surface area contributed by atoms with Crippen LogP contribution in [0.15, 0.2) is 18.2 Å². The van der Waals surface area contributed by atoms with E-state index in [9.17, 15) is 4.79 Å². The third kappa shape index (κ3) is 5.88. The number of halogens is 1. The third-order valence-electron chi connectivity index (χ3n) is 5.55. The standard InChI is InChI=1S/C21H31ClN2O2/c22-20-14-18(26-17-10-12-23-13-11-17)8-9-19(20)21(25)24-15-16-6-4-2-1-3-5-7-16/h8-9,14,16-17,23H,1-7,10-13,15H2,(H,24,25). The highest BCUT2D eigenvalue weighted by atomic mass is 35.5. The van der Waals surface area contributed by atoms with Crippen LogP contribution in [0, 0.1) is 5.92 Å². The van der Waals surface area contributed by atoms with Crippen molar-refractivity contribution in [3.05, 3.63) is 28.8 Å². The van der Waals surface area contributed by atoms with Crippen molar-refractivity contribution < 1.29 is 9.53 Å². The number of rotatable bonds is 5. The molecule has 0 aromatic heterocycles. The summed E-state index contributed by atoms with van der Waals surface area (Å²) in [5, 5.41) is 6.88. The molecule has 1 amide bonds. The lowest BCUT2D eigenvalue weighted by atomic mass is 9.91. The normalized spacial score (nSPS) is 20.2. The van der Waals surface area contributed by atoms with E-state index in [4.69, 9.17) is 16.3 Å². The summed E-state index contributed by atoms with van der Waals surface area (Å²) >= 11 is 6.36. The van der Waals surface area contributed by atoms with Crippen LogP contribution >= 0.6 is 11.6 Å². The van der Waals surface area contributed by atoms with E-state index in [1.807, 2.05) is 6.07 Å². The third-order valence-corrected chi connectivity index (χ3v) is 5.86. The number of amides is 1. The van der Waals surface area contributed by atoms with Gasteiger partial charge in [-0.3, -0.25) is 4.79 Å². The minimum atomic E-state index is -0.0783. The molecule has 144 valence electrons. The molecule has 1 aliphatic carbocycles. The maximum Gasteiger partial charge on any atom is 0.252 e. The molecule has 4 nitrogen and oxygen atoms in total. The Balaban J connectivity index is 1.51. The molecule has 1 aliphatic heterocycles. The fourth-order valence-corrected chi connectivity index (χ4v) is 4.19. The number of nitrogens with one attached hydrogen (secondary N) is 2. The minimum absolute atomic E-state index is 0.0783. The van der Waals surface area contributed by atoms with Crippen molar-refractivity contribution in [3.63, 3.8) is 0 Å². The van der Waals surface area contributed by atoms with Crippen LogP contribution in [0.25, 0.3) is 0 Å². The molecule has 2 aliphatic rings. The van der Waals surface area contributed by atoms with E-state index in [-0.39, 0.29) is 12.0 Å². The van der Waals surface area contributed by atoms with Crippen LogP contribution in [0.2, 0.25) is 5.02 Å². The molecule has 2 fully saturated rings. The van der Waals surface area contributed by atoms with Gasteiger partial charge in [0, 0.05) is 6.54 Å². The van der Waals surface area contributed by atoms with Crippen LogP contribution in [-0.2, 0) is 0 Å². The minimum Gasteiger partial charge on any atom is -0.490 e. The summed E-state index contributed by atoms with van der Waals surface area (Å²) in [6.07, 6.45) is 11.3. The van der Waals surface area contributed by atoms with E-state index in [0.717, 1.165) is 38.2 Å². The van der Waals surface area contributed by atoms with E-state index in [0.29, 0.717) is 16.5 Å². The van der Waals surface area contributed by atoms with Crippen LogP contribution in [0.5, 0.6) is 5.75 Å². The molecule has 0 radical (unpaired) electrons. The maximum absolute atomic E-state index is 12.5. The summed E-state index contributed by atoms with van der Waals surface area (Å²) in [5.74, 6) is 1.27. The van der Waals surface area contributed by atoms with Crippen molar-refractivity contribution >= 4 is 17.5 Å². The van der Waals surface area contributed by atoms with Crippen LogP contribution in [-0.4, -0.2) is 31.6 Å². The van der Waals surface area contributed by atoms with E-state index in [1.54, 1.807) is 12.1 Å². The SMILES string of the molecule is O=C(NCC1CCCCCCC1)c1ccc(OC2CCNCC2)cc1Cl. The van der Waals surface area contributed by atoms with Gasteiger partial charge in [-0.15, -0.1) is 0 Å². The summed E-state index contributed by atoms with van der Waals surface area (Å²) in [6, 6.07) is 5.42. The quantitative estimate of drug-likeness (QED) is 0.789. The molecule has 0 unspecified atom stereocenters. The molecule has 1 heterocycles. The number of carbonyl (C=O) groups is 1. The van der Waals surface area contributed by atoms with Crippen molar-refractivity contribution in [3.8, 4) is 5.75 Å². The number of carbonyl (C=O) groups excluding carboxylic acids is 1. The summed E-state index contributed by atoms with van der Waals surface area (Å²) < 4.78 is 6.00. The predicted molar refractivity (Wildman–Crippen MR) is 106 cm³/mol. The van der Waals surface area contributed by atoms with Crippen molar-refractivity contribution in [2.24, 2.45) is 5.92 Å². The summed E-state index contributed by atoms with van der Waals surface area (Å²) in [5.41, 5.74) is 0.537. The van der Waals surface area contributed by atoms with Gasteiger partial charge in [0.1, 0.15) is 11.9 Å². The zero-order valence-electron chi connectivity index (χ0n) is 15.6. The fraction of sp³-hybridized carbons (Fsp3) is 0.667. The fourth-order valence-electron chi connectivity index (χ4n) is 3.94. The first-order chi connectivity index (χ1) is 12.7. The largest absolute Gasteiger partial charge is 0.490 e. The van der Waals surface area contributed by atoms with E-state index in [2.05, 4.69) is 10.6 Å². The molecule has 1 aromatic carbocycles. The summed E-state index contributed by atoms with van der Waals surface area (Å²) in [7, 11) is 0. The van der Waals surface area contributed by atoms with Crippen molar-refractivity contribution in [2.75, 3.05) is 19.6 Å². The Morgan fingerprint density at radius 3 is 2.46 bits per heavy atom. The average molecular weight is 379 g/mol. The van der Waals surface area contributed by atoms with Crippen molar-refractivity contribution in [2.45, 2.75) is 63.9 Å². The zero-order chi connectivity index (χ0) is 18.2. The molecule has 0 atom stereocenters. The van der Waals surface area contributed by atoms with Crippen LogP contribution in [0.1, 0.15) is 68.1 Å². The van der Waals surface area contributed by atoms with Gasteiger partial charge in [-0.2, -0.15) is 0 Å². The zero-order valence-corrected chi connectivity index (χ0v) is 16.3. The van der Waals surface area contributed by atoms with E-state index < -0.39 is 0 Å². The predicted octanol–water partition coefficient (Wildman–Crippen LogP) is 4.56. The molecule has 3 rings (SSSR count). The second-order valence-electron chi connectivity index (χ2n) is 7.63. The summed E-state index contributed by atoms with van der Waals surface area (Å²) in [4.78, 5) is 12.5. The monoisotopic (exact) mass is 378 g/mol. The van der Waals surface area contributed by atoms with Gasteiger partial charge < -0.3 is 15.4 Å². The Bertz CT molecular complexity index is 579. The second kappa shape index (κ2) is 10.2. The lowest BCUT2D eigenvalue weighted by Crippen LogP contribution is -2.34. The first-order valence-corrected chi connectivity index (χ1v) is 10.6. The van der Waals surface area contributed by atoms with Crippen LogP contribution in [0.3, 0.4) is 0 Å². The molecule has 1 aromatic rings. The molecule has 1 saturated carbocycles. The Hall–Kier alpha value is -1.26. The lowest BCUT2D eigenvalue weighted by molar-refractivity contribution is 0.0944. The summed E-state index contributed by atoms with van der Waals surface area (Å²) in [6.45, 7) is 2.72. The highest BCUT2D eigenvalue weighted by molar-refractivity contribution is 6.34. The number of benzene rings is 1.